The fraction of sp³-hybridized carbons (Fsp3) is 0.500. The van der Waals surface area contributed by atoms with Crippen LogP contribution < -0.4 is 10.7 Å². The van der Waals surface area contributed by atoms with Gasteiger partial charge in [-0.2, -0.15) is 5.90 Å². The second-order valence-corrected chi connectivity index (χ2v) is 4.02. The summed E-state index contributed by atoms with van der Waals surface area (Å²) in [7, 11) is 0. The van der Waals surface area contributed by atoms with Gasteiger partial charge in [0.05, 0.1) is 0 Å². The summed E-state index contributed by atoms with van der Waals surface area (Å²) in [5.74, 6) is 6.58. The van der Waals surface area contributed by atoms with Crippen LogP contribution in [0, 0.1) is 0 Å². The first kappa shape index (κ1) is 9.53. The molecule has 2 nitrogen and oxygen atoms in total. The lowest BCUT2D eigenvalue weighted by molar-refractivity contribution is 0.334. The van der Waals surface area contributed by atoms with E-state index in [1.807, 2.05) is 12.1 Å². The summed E-state index contributed by atoms with van der Waals surface area (Å²) < 4.78 is 0. The largest absolute Gasteiger partial charge is 0.412 e. The molecule has 0 aliphatic heterocycles. The van der Waals surface area contributed by atoms with Gasteiger partial charge in [-0.1, -0.05) is 31.4 Å². The quantitative estimate of drug-likeness (QED) is 0.729. The molecule has 0 saturated heterocycles. The number of nitrogens with two attached hydrogens (primary N) is 1. The van der Waals surface area contributed by atoms with E-state index in [9.17, 15) is 0 Å². The van der Waals surface area contributed by atoms with Crippen LogP contribution in [0.25, 0.3) is 0 Å². The van der Waals surface area contributed by atoms with Crippen molar-refractivity contribution in [3.63, 3.8) is 0 Å². The molecule has 0 amide bonds. The highest BCUT2D eigenvalue weighted by atomic mass is 16.6. The fourth-order valence-corrected chi connectivity index (χ4v) is 2.25. The van der Waals surface area contributed by atoms with Gasteiger partial charge in [0.25, 0.3) is 0 Å². The molecule has 2 rings (SSSR count). The second kappa shape index (κ2) is 4.47. The van der Waals surface area contributed by atoms with Gasteiger partial charge in [0.1, 0.15) is 5.75 Å². The molecule has 0 atom stereocenters. The number of hydrogen-bond acceptors (Lipinski definition) is 2. The minimum atomic E-state index is 0.740. The van der Waals surface area contributed by atoms with Crippen LogP contribution in [0.1, 0.15) is 43.6 Å². The Hall–Kier alpha value is -1.02. The van der Waals surface area contributed by atoms with E-state index in [1.54, 1.807) is 0 Å². The lowest BCUT2D eigenvalue weighted by atomic mass is 9.84. The molecule has 1 saturated carbocycles. The molecule has 2 N–H and O–H groups in total. The minimum Gasteiger partial charge on any atom is -0.412 e. The molecule has 0 bridgehead atoms. The van der Waals surface area contributed by atoms with Crippen LogP contribution in [0.5, 0.6) is 5.75 Å². The molecule has 1 aliphatic carbocycles. The predicted molar refractivity (Wildman–Crippen MR) is 57.1 cm³/mol. The van der Waals surface area contributed by atoms with Crippen molar-refractivity contribution in [1.82, 2.24) is 0 Å². The summed E-state index contributed by atoms with van der Waals surface area (Å²) in [4.78, 5) is 4.66. The van der Waals surface area contributed by atoms with Gasteiger partial charge in [0, 0.05) is 0 Å². The molecule has 1 fully saturated rings. The highest BCUT2D eigenvalue weighted by Gasteiger charge is 2.14. The van der Waals surface area contributed by atoms with Crippen molar-refractivity contribution in [2.75, 3.05) is 0 Å². The summed E-state index contributed by atoms with van der Waals surface area (Å²) in [6.07, 6.45) is 6.83. The Balaban J connectivity index is 2.07. The maximum absolute atomic E-state index is 5.08. The van der Waals surface area contributed by atoms with E-state index in [2.05, 4.69) is 17.0 Å². The van der Waals surface area contributed by atoms with Gasteiger partial charge < -0.3 is 4.84 Å². The van der Waals surface area contributed by atoms with E-state index in [0.717, 1.165) is 11.7 Å². The van der Waals surface area contributed by atoms with Crippen molar-refractivity contribution in [1.29, 1.82) is 0 Å². The summed E-state index contributed by atoms with van der Waals surface area (Å²) in [5.41, 5.74) is 1.44. The standard InChI is InChI=1S/C12H17NO/c13-14-12-8-6-11(7-9-12)10-4-2-1-3-5-10/h6-10H,1-5,13H2. The Bertz CT molecular complexity index is 275. The minimum absolute atomic E-state index is 0.740. The Morgan fingerprint density at radius 1 is 1.00 bits per heavy atom. The zero-order chi connectivity index (χ0) is 9.80. The van der Waals surface area contributed by atoms with Gasteiger partial charge in [0.15, 0.2) is 0 Å². The Morgan fingerprint density at radius 3 is 2.21 bits per heavy atom. The van der Waals surface area contributed by atoms with Crippen molar-refractivity contribution in [2.24, 2.45) is 5.90 Å². The smallest absolute Gasteiger partial charge is 0.146 e. The van der Waals surface area contributed by atoms with Crippen LogP contribution in [-0.2, 0) is 0 Å². The van der Waals surface area contributed by atoms with Crippen molar-refractivity contribution in [2.45, 2.75) is 38.0 Å². The predicted octanol–water partition coefficient (Wildman–Crippen LogP) is 2.99. The highest BCUT2D eigenvalue weighted by molar-refractivity contribution is 5.29. The van der Waals surface area contributed by atoms with E-state index >= 15 is 0 Å². The van der Waals surface area contributed by atoms with Crippen LogP contribution in [0.4, 0.5) is 0 Å². The SMILES string of the molecule is NOc1ccc(C2CCCCC2)cc1. The zero-order valence-electron chi connectivity index (χ0n) is 8.41. The Morgan fingerprint density at radius 2 is 1.64 bits per heavy atom. The van der Waals surface area contributed by atoms with E-state index in [-0.39, 0.29) is 0 Å². The number of rotatable bonds is 2. The van der Waals surface area contributed by atoms with Crippen LogP contribution in [-0.4, -0.2) is 0 Å². The molecule has 0 spiro atoms. The van der Waals surface area contributed by atoms with E-state index in [4.69, 9.17) is 5.90 Å². The van der Waals surface area contributed by atoms with Crippen molar-refractivity contribution >= 4 is 0 Å². The first-order valence-corrected chi connectivity index (χ1v) is 5.37. The van der Waals surface area contributed by atoms with Gasteiger partial charge in [-0.3, -0.25) is 0 Å². The Kier molecular flexibility index (Phi) is 3.04. The average Bonchev–Trinajstić information content (AvgIpc) is 2.30. The molecule has 76 valence electrons. The van der Waals surface area contributed by atoms with Gasteiger partial charge in [-0.25, -0.2) is 0 Å². The summed E-state index contributed by atoms with van der Waals surface area (Å²) in [6, 6.07) is 8.17. The normalized spacial score (nSPS) is 18.1. The number of benzene rings is 1. The maximum atomic E-state index is 5.08. The first-order chi connectivity index (χ1) is 6.90. The van der Waals surface area contributed by atoms with Crippen LogP contribution in [0.3, 0.4) is 0 Å². The third kappa shape index (κ3) is 2.07. The van der Waals surface area contributed by atoms with E-state index < -0.39 is 0 Å². The van der Waals surface area contributed by atoms with Crippen molar-refractivity contribution < 1.29 is 4.84 Å². The summed E-state index contributed by atoms with van der Waals surface area (Å²) in [6.45, 7) is 0. The lowest BCUT2D eigenvalue weighted by Crippen LogP contribution is -2.05. The highest BCUT2D eigenvalue weighted by Crippen LogP contribution is 2.32. The summed E-state index contributed by atoms with van der Waals surface area (Å²) >= 11 is 0. The molecular formula is C12H17NO. The monoisotopic (exact) mass is 191 g/mol. The third-order valence-electron chi connectivity index (χ3n) is 3.09. The summed E-state index contributed by atoms with van der Waals surface area (Å²) in [5, 5.41) is 0. The fourth-order valence-electron chi connectivity index (χ4n) is 2.25. The topological polar surface area (TPSA) is 35.2 Å². The third-order valence-corrected chi connectivity index (χ3v) is 3.09. The van der Waals surface area contributed by atoms with Gasteiger partial charge in [0.2, 0.25) is 0 Å². The van der Waals surface area contributed by atoms with E-state index in [0.29, 0.717) is 0 Å². The second-order valence-electron chi connectivity index (χ2n) is 4.02. The van der Waals surface area contributed by atoms with Gasteiger partial charge >= 0.3 is 0 Å². The molecular weight excluding hydrogens is 174 g/mol. The molecule has 0 radical (unpaired) electrons. The van der Waals surface area contributed by atoms with Crippen molar-refractivity contribution in [3.05, 3.63) is 29.8 Å². The lowest BCUT2D eigenvalue weighted by Gasteiger charge is -2.21. The van der Waals surface area contributed by atoms with Gasteiger partial charge in [-0.15, -0.1) is 0 Å². The molecule has 1 aliphatic rings. The molecule has 2 heteroatoms. The maximum Gasteiger partial charge on any atom is 0.146 e. The molecule has 0 unspecified atom stereocenters. The van der Waals surface area contributed by atoms with Crippen LogP contribution in [0.15, 0.2) is 24.3 Å². The van der Waals surface area contributed by atoms with Crippen LogP contribution >= 0.6 is 0 Å². The zero-order valence-corrected chi connectivity index (χ0v) is 8.41. The van der Waals surface area contributed by atoms with E-state index in [1.165, 1.54) is 37.7 Å². The molecule has 1 aromatic rings. The molecule has 1 aromatic carbocycles. The van der Waals surface area contributed by atoms with Crippen LogP contribution in [0.2, 0.25) is 0 Å². The first-order valence-electron chi connectivity index (χ1n) is 5.37. The average molecular weight is 191 g/mol. The Labute approximate surface area is 85.0 Å². The molecule has 14 heavy (non-hydrogen) atoms. The number of hydrogen-bond donors (Lipinski definition) is 1. The van der Waals surface area contributed by atoms with Crippen molar-refractivity contribution in [3.8, 4) is 5.75 Å². The molecule has 0 heterocycles. The van der Waals surface area contributed by atoms with Gasteiger partial charge in [-0.05, 0) is 36.5 Å². The molecule has 0 aromatic heterocycles.